The fourth-order valence-corrected chi connectivity index (χ4v) is 3.76. The molecule has 0 aliphatic carbocycles. The van der Waals surface area contributed by atoms with Crippen LogP contribution in [0.5, 0.6) is 0 Å². The Kier molecular flexibility index (Phi) is 8.41. The van der Waals surface area contributed by atoms with Gasteiger partial charge in [-0.15, -0.1) is 4.52 Å². The van der Waals surface area contributed by atoms with Crippen molar-refractivity contribution >= 4 is 14.0 Å². The molecule has 0 aromatic heterocycles. The minimum Gasteiger partial charge on any atom is -0.481 e. The Morgan fingerprint density at radius 3 is 2.55 bits per heavy atom. The quantitative estimate of drug-likeness (QED) is 0.332. The van der Waals surface area contributed by atoms with E-state index in [1.165, 1.54) is 6.07 Å². The number of aliphatic carboxylic acids is 1. The number of carboxylic acids is 1. The van der Waals surface area contributed by atoms with Gasteiger partial charge in [0.2, 0.25) is 13.0 Å². The van der Waals surface area contributed by atoms with E-state index in [2.05, 4.69) is 0 Å². The largest absolute Gasteiger partial charge is 0.513 e. The van der Waals surface area contributed by atoms with Crippen LogP contribution in [-0.2, 0) is 25.2 Å². The van der Waals surface area contributed by atoms with Crippen molar-refractivity contribution in [1.29, 1.82) is 0 Å². The average molecular weight is 423 g/mol. The number of hydrogen-bond acceptors (Lipinski definition) is 5. The molecule has 6 nitrogen and oxygen atoms in total. The van der Waals surface area contributed by atoms with Crippen LogP contribution in [0.1, 0.15) is 28.7 Å². The van der Waals surface area contributed by atoms with Crippen LogP contribution in [0.2, 0.25) is 0 Å². The molecule has 0 saturated carbocycles. The van der Waals surface area contributed by atoms with E-state index in [9.17, 15) is 18.9 Å². The molecule has 2 aromatic rings. The third-order valence-electron chi connectivity index (χ3n) is 4.38. The number of carboxylic acid groups (broad SMARTS) is 1. The van der Waals surface area contributed by atoms with Gasteiger partial charge in [-0.3, -0.25) is 4.79 Å². The Labute approximate surface area is 170 Å². The topological polar surface area (TPSA) is 93.1 Å². The van der Waals surface area contributed by atoms with Gasteiger partial charge in [0.1, 0.15) is 11.9 Å². The van der Waals surface area contributed by atoms with Crippen LogP contribution in [0.25, 0.3) is 11.1 Å². The monoisotopic (exact) mass is 423 g/mol. The summed E-state index contributed by atoms with van der Waals surface area (Å²) in [5.74, 6) is -1.44. The molecule has 2 rings (SSSR count). The fraction of sp³-hybridized carbons (Fsp3) is 0.381. The fourth-order valence-electron chi connectivity index (χ4n) is 2.99. The van der Waals surface area contributed by atoms with Crippen LogP contribution >= 0.6 is 8.03 Å². The van der Waals surface area contributed by atoms with Gasteiger partial charge in [0, 0.05) is 0 Å². The molecular weight excluding hydrogens is 398 g/mol. The Hall–Kier alpha value is -2.18. The zero-order valence-corrected chi connectivity index (χ0v) is 17.5. The summed E-state index contributed by atoms with van der Waals surface area (Å²) in [7, 11) is -2.23. The van der Waals surface area contributed by atoms with Crippen LogP contribution in [0.4, 0.5) is 4.39 Å². The number of aliphatic hydroxyl groups excluding tert-OH is 1. The highest BCUT2D eigenvalue weighted by Gasteiger charge is 2.25. The molecule has 0 spiro atoms. The molecule has 0 saturated heterocycles. The van der Waals surface area contributed by atoms with E-state index in [4.69, 9.17) is 14.4 Å². The number of ether oxygens (including phenoxy) is 1. The van der Waals surface area contributed by atoms with E-state index in [1.807, 2.05) is 26.0 Å². The van der Waals surface area contributed by atoms with E-state index in [1.54, 1.807) is 19.1 Å². The lowest BCUT2D eigenvalue weighted by molar-refractivity contribution is -0.138. The predicted octanol–water partition coefficient (Wildman–Crippen LogP) is 4.49. The van der Waals surface area contributed by atoms with Gasteiger partial charge in [0.05, 0.1) is 13.0 Å². The standard InChI is InChI=1S/C21H24FO6P/c1-13-6-14(2)19(18(7-13)16-4-5-20(22)15(3)8-16)10-27-12-28-29(26)11-17(23)9-21(24)25/h4-8,17,23H,9-12H2,1-3H3/p+1. The first kappa shape index (κ1) is 23.1. The second-order valence-electron chi connectivity index (χ2n) is 6.93. The third kappa shape index (κ3) is 6.98. The first-order valence-corrected chi connectivity index (χ1v) is 10.5. The van der Waals surface area contributed by atoms with Gasteiger partial charge in [-0.2, -0.15) is 0 Å². The van der Waals surface area contributed by atoms with Crippen LogP contribution in [0.15, 0.2) is 30.3 Å². The zero-order chi connectivity index (χ0) is 21.6. The maximum Gasteiger partial charge on any atom is 0.513 e. The summed E-state index contributed by atoms with van der Waals surface area (Å²) < 4.78 is 36.0. The van der Waals surface area contributed by atoms with Crippen molar-refractivity contribution in [3.8, 4) is 11.1 Å². The molecule has 0 bridgehead atoms. The zero-order valence-electron chi connectivity index (χ0n) is 16.6. The van der Waals surface area contributed by atoms with Gasteiger partial charge in [-0.25, -0.2) is 4.39 Å². The summed E-state index contributed by atoms with van der Waals surface area (Å²) >= 11 is 0. The highest BCUT2D eigenvalue weighted by molar-refractivity contribution is 7.39. The molecule has 29 heavy (non-hydrogen) atoms. The van der Waals surface area contributed by atoms with Crippen molar-refractivity contribution in [1.82, 2.24) is 0 Å². The van der Waals surface area contributed by atoms with Crippen LogP contribution in [0, 0.1) is 26.6 Å². The lowest BCUT2D eigenvalue weighted by Crippen LogP contribution is -2.15. The average Bonchev–Trinajstić information content (AvgIpc) is 2.61. The van der Waals surface area contributed by atoms with Crippen LogP contribution < -0.4 is 0 Å². The molecule has 2 N–H and O–H groups in total. The smallest absolute Gasteiger partial charge is 0.481 e. The number of benzene rings is 2. The molecule has 2 aromatic carbocycles. The number of aliphatic hydroxyl groups is 1. The van der Waals surface area contributed by atoms with E-state index >= 15 is 0 Å². The Bertz CT molecular complexity index is 899. The van der Waals surface area contributed by atoms with E-state index in [0.717, 1.165) is 27.8 Å². The van der Waals surface area contributed by atoms with E-state index in [-0.39, 0.29) is 25.4 Å². The highest BCUT2D eigenvalue weighted by Crippen LogP contribution is 2.30. The van der Waals surface area contributed by atoms with Crippen molar-refractivity contribution in [2.24, 2.45) is 0 Å². The Balaban J connectivity index is 2.03. The number of hydrogen-bond donors (Lipinski definition) is 2. The molecule has 0 aliphatic rings. The van der Waals surface area contributed by atoms with Gasteiger partial charge in [-0.1, -0.05) is 23.8 Å². The molecular formula is C21H25FO6P+. The minimum atomic E-state index is -2.23. The van der Waals surface area contributed by atoms with Gasteiger partial charge in [0.25, 0.3) is 0 Å². The number of aryl methyl sites for hydroxylation is 3. The summed E-state index contributed by atoms with van der Waals surface area (Å²) in [6.07, 6.45) is -1.99. The number of halogens is 1. The molecule has 0 amide bonds. The summed E-state index contributed by atoms with van der Waals surface area (Å²) in [4.78, 5) is 10.5. The van der Waals surface area contributed by atoms with Gasteiger partial charge >= 0.3 is 14.0 Å². The number of carbonyl (C=O) groups is 1. The molecule has 156 valence electrons. The number of rotatable bonds is 10. The van der Waals surface area contributed by atoms with Gasteiger partial charge in [-0.05, 0) is 65.3 Å². The molecule has 0 heterocycles. The SMILES string of the molecule is Cc1cc(C)c(COCO[P+](=O)CC(O)CC(=O)O)c(-c2ccc(F)c(C)c2)c1. The molecule has 0 fully saturated rings. The molecule has 0 aliphatic heterocycles. The predicted molar refractivity (Wildman–Crippen MR) is 108 cm³/mol. The molecule has 2 atom stereocenters. The lowest BCUT2D eigenvalue weighted by Gasteiger charge is -2.15. The second kappa shape index (κ2) is 10.6. The second-order valence-corrected chi connectivity index (χ2v) is 8.22. The maximum absolute atomic E-state index is 13.6. The normalized spacial score (nSPS) is 12.7. The lowest BCUT2D eigenvalue weighted by atomic mass is 9.93. The van der Waals surface area contributed by atoms with E-state index in [0.29, 0.717) is 5.56 Å². The van der Waals surface area contributed by atoms with E-state index < -0.39 is 26.5 Å². The van der Waals surface area contributed by atoms with Crippen molar-refractivity contribution < 1.29 is 33.2 Å². The summed E-state index contributed by atoms with van der Waals surface area (Å²) in [6.45, 7) is 5.58. The van der Waals surface area contributed by atoms with Crippen molar-refractivity contribution in [2.75, 3.05) is 13.0 Å². The first-order valence-electron chi connectivity index (χ1n) is 9.09. The van der Waals surface area contributed by atoms with Crippen molar-refractivity contribution in [2.45, 2.75) is 39.9 Å². The Morgan fingerprint density at radius 2 is 1.90 bits per heavy atom. The molecule has 0 radical (unpaired) electrons. The highest BCUT2D eigenvalue weighted by atomic mass is 31.1. The van der Waals surface area contributed by atoms with Crippen LogP contribution in [-0.4, -0.2) is 35.2 Å². The summed E-state index contributed by atoms with van der Waals surface area (Å²) in [6, 6.07) is 8.95. The maximum atomic E-state index is 13.6. The summed E-state index contributed by atoms with van der Waals surface area (Å²) in [5, 5.41) is 18.1. The first-order chi connectivity index (χ1) is 13.7. The van der Waals surface area contributed by atoms with Gasteiger partial charge < -0.3 is 14.9 Å². The van der Waals surface area contributed by atoms with Crippen molar-refractivity contribution in [3.05, 3.63) is 58.4 Å². The minimum absolute atomic E-state index is 0.193. The third-order valence-corrected chi connectivity index (χ3v) is 5.50. The van der Waals surface area contributed by atoms with Crippen LogP contribution in [0.3, 0.4) is 0 Å². The van der Waals surface area contributed by atoms with Gasteiger partial charge in [0.15, 0.2) is 0 Å². The Morgan fingerprint density at radius 1 is 1.17 bits per heavy atom. The van der Waals surface area contributed by atoms with Crippen molar-refractivity contribution in [3.63, 3.8) is 0 Å². The summed E-state index contributed by atoms with van der Waals surface area (Å²) in [5.41, 5.74) is 5.32. The molecule has 2 unspecified atom stereocenters. The molecule has 8 heteroatoms.